The van der Waals surface area contributed by atoms with Crippen LogP contribution in [-0.2, 0) is 22.4 Å². The molecule has 0 amide bonds. The van der Waals surface area contributed by atoms with Crippen LogP contribution in [0.25, 0.3) is 0 Å². The molecular formula is C13H15NO3. The van der Waals surface area contributed by atoms with Crippen LogP contribution in [0, 0.1) is 11.3 Å². The molecule has 0 heterocycles. The molecule has 1 N–H and O–H groups in total. The highest BCUT2D eigenvalue weighted by atomic mass is 16.5. The number of nitrogens with zero attached hydrogens (tertiary/aromatic N) is 1. The van der Waals surface area contributed by atoms with Crippen LogP contribution in [-0.4, -0.2) is 17.7 Å². The first-order valence-corrected chi connectivity index (χ1v) is 5.52. The molecule has 0 aliphatic rings. The number of ether oxygens (including phenoxy) is 1. The highest BCUT2D eigenvalue weighted by Gasteiger charge is 2.11. The van der Waals surface area contributed by atoms with Gasteiger partial charge in [0.25, 0.3) is 0 Å². The quantitative estimate of drug-likeness (QED) is 0.807. The highest BCUT2D eigenvalue weighted by Crippen LogP contribution is 2.24. The first-order valence-electron chi connectivity index (χ1n) is 5.52. The fourth-order valence-corrected chi connectivity index (χ4v) is 1.60. The topological polar surface area (TPSA) is 70.3 Å². The van der Waals surface area contributed by atoms with Crippen molar-refractivity contribution < 1.29 is 14.6 Å². The predicted molar refractivity (Wildman–Crippen MR) is 62.5 cm³/mol. The van der Waals surface area contributed by atoms with E-state index in [1.165, 1.54) is 6.07 Å². The number of phenolic OH excluding ortho intramolecular Hbond substituents is 1. The average molecular weight is 233 g/mol. The molecule has 0 bridgehead atoms. The van der Waals surface area contributed by atoms with Crippen LogP contribution in [0.1, 0.15) is 30.5 Å². The summed E-state index contributed by atoms with van der Waals surface area (Å²) in [6, 6.07) is 5.16. The van der Waals surface area contributed by atoms with E-state index in [9.17, 15) is 9.90 Å². The first-order chi connectivity index (χ1) is 8.12. The molecule has 4 nitrogen and oxygen atoms in total. The fourth-order valence-electron chi connectivity index (χ4n) is 1.60. The Kier molecular flexibility index (Phi) is 4.53. The number of aryl methyl sites for hydroxylation is 1. The predicted octanol–water partition coefficient (Wildman–Crippen LogP) is 1.93. The van der Waals surface area contributed by atoms with Crippen LogP contribution >= 0.6 is 0 Å². The third-order valence-electron chi connectivity index (χ3n) is 2.40. The number of nitriles is 1. The zero-order valence-corrected chi connectivity index (χ0v) is 9.99. The van der Waals surface area contributed by atoms with Crippen molar-refractivity contribution in [1.29, 1.82) is 5.26 Å². The Balaban J connectivity index is 3.02. The maximum Gasteiger partial charge on any atom is 0.310 e. The molecule has 0 aromatic heterocycles. The minimum Gasteiger partial charge on any atom is -0.506 e. The van der Waals surface area contributed by atoms with Gasteiger partial charge in [-0.25, -0.2) is 0 Å². The van der Waals surface area contributed by atoms with Gasteiger partial charge >= 0.3 is 5.97 Å². The Bertz CT molecular complexity index is 460. The van der Waals surface area contributed by atoms with E-state index in [4.69, 9.17) is 10.00 Å². The molecular weight excluding hydrogens is 218 g/mol. The lowest BCUT2D eigenvalue weighted by Crippen LogP contribution is -2.08. The van der Waals surface area contributed by atoms with Crippen molar-refractivity contribution in [1.82, 2.24) is 0 Å². The first kappa shape index (κ1) is 13.0. The van der Waals surface area contributed by atoms with E-state index in [1.54, 1.807) is 13.0 Å². The number of carbonyl (C=O) groups is 1. The Labute approximate surface area is 100 Å². The lowest BCUT2D eigenvalue weighted by molar-refractivity contribution is -0.142. The lowest BCUT2D eigenvalue weighted by atomic mass is 10.0. The van der Waals surface area contributed by atoms with E-state index < -0.39 is 0 Å². The summed E-state index contributed by atoms with van der Waals surface area (Å²) in [6.07, 6.45) is 0.729. The molecule has 0 fully saturated rings. The third-order valence-corrected chi connectivity index (χ3v) is 2.40. The minimum absolute atomic E-state index is 0.00242. The number of esters is 1. The molecule has 0 radical (unpaired) electrons. The van der Waals surface area contributed by atoms with Crippen molar-refractivity contribution in [3.63, 3.8) is 0 Å². The van der Waals surface area contributed by atoms with Crippen LogP contribution in [0.3, 0.4) is 0 Å². The van der Waals surface area contributed by atoms with Gasteiger partial charge < -0.3 is 9.84 Å². The van der Waals surface area contributed by atoms with Crippen LogP contribution < -0.4 is 0 Å². The van der Waals surface area contributed by atoms with Crippen LogP contribution in [0.15, 0.2) is 12.1 Å². The van der Waals surface area contributed by atoms with Crippen LogP contribution in [0.5, 0.6) is 5.75 Å². The van der Waals surface area contributed by atoms with E-state index in [0.29, 0.717) is 24.2 Å². The molecule has 0 unspecified atom stereocenters. The number of hydrogen-bond acceptors (Lipinski definition) is 4. The Morgan fingerprint density at radius 2 is 2.18 bits per heavy atom. The van der Waals surface area contributed by atoms with Crippen molar-refractivity contribution in [2.24, 2.45) is 0 Å². The molecule has 0 saturated carbocycles. The monoisotopic (exact) mass is 233 g/mol. The molecule has 1 aromatic rings. The summed E-state index contributed by atoms with van der Waals surface area (Å²) in [7, 11) is 0. The van der Waals surface area contributed by atoms with Gasteiger partial charge in [0, 0.05) is 0 Å². The fraction of sp³-hybridized carbons (Fsp3) is 0.385. The molecule has 90 valence electrons. The van der Waals surface area contributed by atoms with Gasteiger partial charge in [0.1, 0.15) is 11.8 Å². The summed E-state index contributed by atoms with van der Waals surface area (Å²) in [5.74, 6) is -0.327. The minimum atomic E-state index is -0.330. The van der Waals surface area contributed by atoms with Crippen molar-refractivity contribution in [2.45, 2.75) is 26.7 Å². The second-order valence-electron chi connectivity index (χ2n) is 3.60. The van der Waals surface area contributed by atoms with Gasteiger partial charge in [0.05, 0.1) is 18.6 Å². The maximum atomic E-state index is 11.3. The summed E-state index contributed by atoms with van der Waals surface area (Å²) in [5.41, 5.74) is 1.56. The normalized spacial score (nSPS) is 9.71. The van der Waals surface area contributed by atoms with Gasteiger partial charge in [-0.1, -0.05) is 13.0 Å². The molecule has 17 heavy (non-hydrogen) atoms. The number of phenols is 1. The van der Waals surface area contributed by atoms with Gasteiger partial charge in [-0.3, -0.25) is 4.79 Å². The second-order valence-corrected chi connectivity index (χ2v) is 3.60. The van der Waals surface area contributed by atoms with Crippen molar-refractivity contribution in [3.8, 4) is 11.8 Å². The van der Waals surface area contributed by atoms with Gasteiger partial charge in [-0.15, -0.1) is 0 Å². The van der Waals surface area contributed by atoms with Gasteiger partial charge in [0.2, 0.25) is 0 Å². The SMILES string of the molecule is CCOC(=O)Cc1cc(C#N)c(O)c(CC)c1. The van der Waals surface area contributed by atoms with Gasteiger partial charge in [-0.2, -0.15) is 5.26 Å². The number of hydrogen-bond donors (Lipinski definition) is 1. The second kappa shape index (κ2) is 5.90. The summed E-state index contributed by atoms with van der Waals surface area (Å²) in [5, 5.41) is 18.6. The number of benzene rings is 1. The molecule has 1 rings (SSSR count). The molecule has 0 atom stereocenters. The van der Waals surface area contributed by atoms with Crippen molar-refractivity contribution in [3.05, 3.63) is 28.8 Å². The summed E-state index contributed by atoms with van der Waals surface area (Å²) < 4.78 is 4.84. The maximum absolute atomic E-state index is 11.3. The number of aromatic hydroxyl groups is 1. The third kappa shape index (κ3) is 3.22. The number of rotatable bonds is 4. The van der Waals surface area contributed by atoms with Gasteiger partial charge in [-0.05, 0) is 30.5 Å². The summed E-state index contributed by atoms with van der Waals surface area (Å²) >= 11 is 0. The van der Waals surface area contributed by atoms with Gasteiger partial charge in [0.15, 0.2) is 0 Å². The number of carbonyl (C=O) groups excluding carboxylic acids is 1. The Hall–Kier alpha value is -2.02. The van der Waals surface area contributed by atoms with Crippen molar-refractivity contribution in [2.75, 3.05) is 6.61 Å². The summed E-state index contributed by atoms with van der Waals surface area (Å²) in [4.78, 5) is 11.3. The molecule has 0 aliphatic heterocycles. The van der Waals surface area contributed by atoms with E-state index in [-0.39, 0.29) is 23.7 Å². The molecule has 0 saturated heterocycles. The summed E-state index contributed by atoms with van der Waals surface area (Å²) in [6.45, 7) is 3.96. The van der Waals surface area contributed by atoms with E-state index in [1.807, 2.05) is 13.0 Å². The zero-order valence-electron chi connectivity index (χ0n) is 9.99. The van der Waals surface area contributed by atoms with E-state index in [2.05, 4.69) is 0 Å². The van der Waals surface area contributed by atoms with Crippen LogP contribution in [0.2, 0.25) is 0 Å². The van der Waals surface area contributed by atoms with Crippen molar-refractivity contribution >= 4 is 5.97 Å². The standard InChI is InChI=1S/C13H15NO3/c1-3-10-5-9(7-12(15)17-4-2)6-11(8-14)13(10)16/h5-6,16H,3-4,7H2,1-2H3. The smallest absolute Gasteiger partial charge is 0.310 e. The van der Waals surface area contributed by atoms with E-state index >= 15 is 0 Å². The molecule has 4 heteroatoms. The molecule has 0 spiro atoms. The Morgan fingerprint density at radius 1 is 1.47 bits per heavy atom. The lowest BCUT2D eigenvalue weighted by Gasteiger charge is -2.08. The molecule has 0 aliphatic carbocycles. The average Bonchev–Trinajstić information content (AvgIpc) is 2.31. The highest BCUT2D eigenvalue weighted by molar-refractivity contribution is 5.73. The Morgan fingerprint density at radius 3 is 2.71 bits per heavy atom. The zero-order chi connectivity index (χ0) is 12.8. The van der Waals surface area contributed by atoms with Crippen LogP contribution in [0.4, 0.5) is 0 Å². The largest absolute Gasteiger partial charge is 0.506 e. The van der Waals surface area contributed by atoms with E-state index in [0.717, 1.165) is 0 Å². The molecule has 1 aromatic carbocycles.